The summed E-state index contributed by atoms with van der Waals surface area (Å²) in [5.41, 5.74) is 0. The van der Waals surface area contributed by atoms with E-state index in [9.17, 15) is 8.42 Å². The Morgan fingerprint density at radius 3 is 2.35 bits per heavy atom. The molecule has 2 fully saturated rings. The standard InChI is InChI=1S/C14H29N3O2S/c1-16(2)12-13-6-9-17(10-7-13)20(18,19)11-3-8-15-14-4-5-14/h13-15H,3-12H2,1-2H3. The molecular weight excluding hydrogens is 274 g/mol. The smallest absolute Gasteiger partial charge is 0.214 e. The molecule has 1 N–H and O–H groups in total. The number of nitrogens with zero attached hydrogens (tertiary/aromatic N) is 2. The quantitative estimate of drug-likeness (QED) is 0.672. The van der Waals surface area contributed by atoms with Crippen molar-refractivity contribution in [2.24, 2.45) is 5.92 Å². The van der Waals surface area contributed by atoms with E-state index in [-0.39, 0.29) is 0 Å². The van der Waals surface area contributed by atoms with Crippen molar-refractivity contribution in [2.75, 3.05) is 46.0 Å². The molecule has 20 heavy (non-hydrogen) atoms. The summed E-state index contributed by atoms with van der Waals surface area (Å²) < 4.78 is 26.2. The van der Waals surface area contributed by atoms with Gasteiger partial charge in [-0.25, -0.2) is 12.7 Å². The van der Waals surface area contributed by atoms with E-state index in [4.69, 9.17) is 0 Å². The largest absolute Gasteiger partial charge is 0.314 e. The number of piperidine rings is 1. The molecule has 2 aliphatic rings. The van der Waals surface area contributed by atoms with Crippen LogP contribution in [0.5, 0.6) is 0 Å². The summed E-state index contributed by atoms with van der Waals surface area (Å²) in [6.07, 6.45) is 5.24. The Hall–Kier alpha value is -0.170. The highest BCUT2D eigenvalue weighted by Crippen LogP contribution is 2.21. The Morgan fingerprint density at radius 2 is 1.80 bits per heavy atom. The predicted molar refractivity (Wildman–Crippen MR) is 82.3 cm³/mol. The number of rotatable bonds is 8. The van der Waals surface area contributed by atoms with Crippen LogP contribution in [0.1, 0.15) is 32.1 Å². The molecule has 1 saturated heterocycles. The lowest BCUT2D eigenvalue weighted by Gasteiger charge is -2.32. The van der Waals surface area contributed by atoms with Gasteiger partial charge in [-0.15, -0.1) is 0 Å². The minimum atomic E-state index is -3.03. The van der Waals surface area contributed by atoms with Gasteiger partial charge in [0.1, 0.15) is 0 Å². The van der Waals surface area contributed by atoms with Crippen molar-refractivity contribution < 1.29 is 8.42 Å². The first kappa shape index (κ1) is 16.2. The molecule has 0 bridgehead atoms. The lowest BCUT2D eigenvalue weighted by atomic mass is 9.98. The molecular formula is C14H29N3O2S. The molecule has 0 spiro atoms. The molecule has 118 valence electrons. The molecule has 1 aliphatic carbocycles. The highest BCUT2D eigenvalue weighted by atomic mass is 32.2. The van der Waals surface area contributed by atoms with Gasteiger partial charge >= 0.3 is 0 Å². The molecule has 0 atom stereocenters. The van der Waals surface area contributed by atoms with Crippen LogP contribution in [-0.4, -0.2) is 69.7 Å². The minimum Gasteiger partial charge on any atom is -0.314 e. The highest BCUT2D eigenvalue weighted by Gasteiger charge is 2.28. The molecule has 1 saturated carbocycles. The van der Waals surface area contributed by atoms with Crippen molar-refractivity contribution in [1.82, 2.24) is 14.5 Å². The van der Waals surface area contributed by atoms with Gasteiger partial charge in [0, 0.05) is 25.7 Å². The van der Waals surface area contributed by atoms with E-state index in [0.29, 0.717) is 30.8 Å². The van der Waals surface area contributed by atoms with Gasteiger partial charge in [0.05, 0.1) is 5.75 Å². The maximum absolute atomic E-state index is 12.3. The van der Waals surface area contributed by atoms with Crippen LogP contribution in [0.3, 0.4) is 0 Å². The zero-order chi connectivity index (χ0) is 14.6. The third-order valence-corrected chi connectivity index (χ3v) is 6.14. The summed E-state index contributed by atoms with van der Waals surface area (Å²) in [6, 6.07) is 0.666. The lowest BCUT2D eigenvalue weighted by Crippen LogP contribution is -2.41. The Labute approximate surface area is 123 Å². The SMILES string of the molecule is CN(C)CC1CCN(S(=O)(=O)CCCNC2CC2)CC1. The van der Waals surface area contributed by atoms with Crippen molar-refractivity contribution in [3.05, 3.63) is 0 Å². The van der Waals surface area contributed by atoms with Crippen molar-refractivity contribution in [2.45, 2.75) is 38.1 Å². The maximum Gasteiger partial charge on any atom is 0.214 e. The Morgan fingerprint density at radius 1 is 1.15 bits per heavy atom. The van der Waals surface area contributed by atoms with E-state index in [0.717, 1.165) is 32.4 Å². The molecule has 5 nitrogen and oxygen atoms in total. The van der Waals surface area contributed by atoms with Gasteiger partial charge in [-0.3, -0.25) is 0 Å². The topological polar surface area (TPSA) is 52.7 Å². The molecule has 1 heterocycles. The molecule has 0 aromatic rings. The zero-order valence-corrected chi connectivity index (χ0v) is 13.7. The van der Waals surface area contributed by atoms with Gasteiger partial charge in [0.25, 0.3) is 0 Å². The summed E-state index contributed by atoms with van der Waals surface area (Å²) in [5, 5.41) is 3.37. The second-order valence-corrected chi connectivity index (χ2v) is 8.59. The van der Waals surface area contributed by atoms with Crippen LogP contribution < -0.4 is 5.32 Å². The monoisotopic (exact) mass is 303 g/mol. The van der Waals surface area contributed by atoms with Gasteiger partial charge in [-0.05, 0) is 58.7 Å². The van der Waals surface area contributed by atoms with Crippen LogP contribution in [0, 0.1) is 5.92 Å². The molecule has 1 aliphatic heterocycles. The first-order chi connectivity index (χ1) is 9.47. The number of hydrogen-bond donors (Lipinski definition) is 1. The molecule has 6 heteroatoms. The normalized spacial score (nSPS) is 22.6. The van der Waals surface area contributed by atoms with Gasteiger partial charge in [0.15, 0.2) is 0 Å². The average molecular weight is 303 g/mol. The molecule has 0 unspecified atom stereocenters. The minimum absolute atomic E-state index is 0.297. The van der Waals surface area contributed by atoms with E-state index in [1.807, 2.05) is 0 Å². The van der Waals surface area contributed by atoms with Crippen LogP contribution in [-0.2, 0) is 10.0 Å². The Bertz CT molecular complexity index is 385. The van der Waals surface area contributed by atoms with Crippen LogP contribution in [0.4, 0.5) is 0 Å². The molecule has 0 amide bonds. The summed E-state index contributed by atoms with van der Waals surface area (Å²) >= 11 is 0. The first-order valence-electron chi connectivity index (χ1n) is 7.83. The fraction of sp³-hybridized carbons (Fsp3) is 1.00. The van der Waals surface area contributed by atoms with E-state index in [1.165, 1.54) is 12.8 Å². The Kier molecular flexibility index (Phi) is 5.84. The fourth-order valence-electron chi connectivity index (χ4n) is 2.86. The fourth-order valence-corrected chi connectivity index (χ4v) is 4.40. The second kappa shape index (κ2) is 7.20. The molecule has 0 radical (unpaired) electrons. The summed E-state index contributed by atoms with van der Waals surface area (Å²) in [6.45, 7) is 3.31. The molecule has 2 rings (SSSR count). The summed E-state index contributed by atoms with van der Waals surface area (Å²) in [5.74, 6) is 0.943. The second-order valence-electron chi connectivity index (χ2n) is 6.50. The van der Waals surface area contributed by atoms with Crippen molar-refractivity contribution in [1.29, 1.82) is 0 Å². The van der Waals surface area contributed by atoms with E-state index in [2.05, 4.69) is 24.3 Å². The molecule has 0 aromatic carbocycles. The van der Waals surface area contributed by atoms with Crippen LogP contribution >= 0.6 is 0 Å². The van der Waals surface area contributed by atoms with Gasteiger partial charge < -0.3 is 10.2 Å². The van der Waals surface area contributed by atoms with Crippen LogP contribution in [0.15, 0.2) is 0 Å². The number of sulfonamides is 1. The third-order valence-electron chi connectivity index (χ3n) is 4.18. The predicted octanol–water partition coefficient (Wildman–Crippen LogP) is 0.732. The average Bonchev–Trinajstić information content (AvgIpc) is 3.19. The number of nitrogens with one attached hydrogen (secondary N) is 1. The van der Waals surface area contributed by atoms with E-state index in [1.54, 1.807) is 4.31 Å². The van der Waals surface area contributed by atoms with Gasteiger partial charge in [-0.1, -0.05) is 0 Å². The van der Waals surface area contributed by atoms with Crippen LogP contribution in [0.2, 0.25) is 0 Å². The van der Waals surface area contributed by atoms with E-state index >= 15 is 0 Å². The Balaban J connectivity index is 1.67. The summed E-state index contributed by atoms with van der Waals surface area (Å²) in [7, 11) is 1.13. The van der Waals surface area contributed by atoms with Crippen molar-refractivity contribution in [3.8, 4) is 0 Å². The third kappa shape index (κ3) is 5.31. The first-order valence-corrected chi connectivity index (χ1v) is 9.44. The zero-order valence-electron chi connectivity index (χ0n) is 12.8. The van der Waals surface area contributed by atoms with Crippen molar-refractivity contribution in [3.63, 3.8) is 0 Å². The van der Waals surface area contributed by atoms with Gasteiger partial charge in [-0.2, -0.15) is 0 Å². The van der Waals surface area contributed by atoms with E-state index < -0.39 is 10.0 Å². The van der Waals surface area contributed by atoms with Crippen LogP contribution in [0.25, 0.3) is 0 Å². The lowest BCUT2D eigenvalue weighted by molar-refractivity contribution is 0.225. The van der Waals surface area contributed by atoms with Crippen molar-refractivity contribution >= 4 is 10.0 Å². The maximum atomic E-state index is 12.3. The highest BCUT2D eigenvalue weighted by molar-refractivity contribution is 7.89. The van der Waals surface area contributed by atoms with Gasteiger partial charge in [0.2, 0.25) is 10.0 Å². The number of hydrogen-bond acceptors (Lipinski definition) is 4. The summed E-state index contributed by atoms with van der Waals surface area (Å²) in [4.78, 5) is 2.19. The molecule has 0 aromatic heterocycles.